The minimum Gasteiger partial charge on any atom is -0.309 e. The number of hydrogen-bond donors (Lipinski definition) is 1. The highest BCUT2D eigenvalue weighted by Crippen LogP contribution is 2.31. The van der Waals surface area contributed by atoms with E-state index >= 15 is 0 Å². The molecule has 0 radical (unpaired) electrons. The van der Waals surface area contributed by atoms with Crippen molar-refractivity contribution in [3.05, 3.63) is 22.4 Å². The summed E-state index contributed by atoms with van der Waals surface area (Å²) < 4.78 is 0. The Morgan fingerprint density at radius 1 is 1.39 bits per heavy atom. The first kappa shape index (κ1) is 14.4. The van der Waals surface area contributed by atoms with Crippen LogP contribution in [0.3, 0.4) is 0 Å². The summed E-state index contributed by atoms with van der Waals surface area (Å²) in [4.78, 5) is 0. The molecule has 3 heteroatoms. The molecule has 0 aliphatic heterocycles. The van der Waals surface area contributed by atoms with E-state index in [0.717, 1.165) is 11.8 Å². The Hall–Kier alpha value is 0.01000. The molecule has 1 fully saturated rings. The molecule has 0 amide bonds. The van der Waals surface area contributed by atoms with Crippen molar-refractivity contribution < 1.29 is 0 Å². The molecule has 102 valence electrons. The molecule has 2 rings (SSSR count). The average Bonchev–Trinajstić information content (AvgIpc) is 2.94. The molecule has 1 aliphatic rings. The quantitative estimate of drug-likeness (QED) is 0.767. The first-order chi connectivity index (χ1) is 8.90. The van der Waals surface area contributed by atoms with Gasteiger partial charge in [0.15, 0.2) is 0 Å². The molecule has 1 nitrogen and oxygen atoms in total. The van der Waals surface area contributed by atoms with E-state index in [1.165, 1.54) is 49.8 Å². The minimum absolute atomic E-state index is 0.558. The summed E-state index contributed by atoms with van der Waals surface area (Å²) in [7, 11) is 0. The van der Waals surface area contributed by atoms with E-state index in [4.69, 9.17) is 0 Å². The molecule has 1 atom stereocenters. The Bertz CT molecular complexity index is 304. The van der Waals surface area contributed by atoms with Gasteiger partial charge in [0.25, 0.3) is 0 Å². The lowest BCUT2D eigenvalue weighted by molar-refractivity contribution is 0.513. The second-order valence-electron chi connectivity index (χ2n) is 5.16. The molecule has 1 saturated carbocycles. The zero-order valence-corrected chi connectivity index (χ0v) is 13.0. The molecular weight excluding hydrogens is 258 g/mol. The Morgan fingerprint density at radius 2 is 2.22 bits per heavy atom. The number of nitrogens with one attached hydrogen (secondary N) is 1. The molecule has 0 saturated heterocycles. The van der Waals surface area contributed by atoms with E-state index in [1.807, 2.05) is 11.3 Å². The van der Waals surface area contributed by atoms with Crippen molar-refractivity contribution in [1.29, 1.82) is 0 Å². The van der Waals surface area contributed by atoms with Crippen LogP contribution < -0.4 is 5.32 Å². The second-order valence-corrected chi connectivity index (χ2v) is 7.27. The molecule has 1 heterocycles. The van der Waals surface area contributed by atoms with Crippen LogP contribution in [0.25, 0.3) is 0 Å². The molecule has 1 unspecified atom stereocenters. The molecule has 18 heavy (non-hydrogen) atoms. The van der Waals surface area contributed by atoms with E-state index in [1.54, 1.807) is 0 Å². The highest BCUT2D eigenvalue weighted by molar-refractivity contribution is 7.99. The molecule has 1 N–H and O–H groups in total. The average molecular weight is 284 g/mol. The number of thioether (sulfide) groups is 1. The topological polar surface area (TPSA) is 12.0 Å². The molecule has 0 bridgehead atoms. The molecule has 0 aromatic carbocycles. The van der Waals surface area contributed by atoms with Crippen LogP contribution in [0.4, 0.5) is 0 Å². The molecule has 0 spiro atoms. The van der Waals surface area contributed by atoms with Crippen LogP contribution in [0.5, 0.6) is 0 Å². The lowest BCUT2D eigenvalue weighted by Crippen LogP contribution is -2.25. The second kappa shape index (κ2) is 8.23. The molecule has 1 aromatic rings. The van der Waals surface area contributed by atoms with Crippen LogP contribution in [0.15, 0.2) is 16.8 Å². The van der Waals surface area contributed by atoms with Crippen LogP contribution in [-0.2, 0) is 0 Å². The third kappa shape index (κ3) is 4.60. The summed E-state index contributed by atoms with van der Waals surface area (Å²) in [5.74, 6) is 1.24. The van der Waals surface area contributed by atoms with Gasteiger partial charge in [0.2, 0.25) is 0 Å². The van der Waals surface area contributed by atoms with Gasteiger partial charge in [0.05, 0.1) is 0 Å². The highest BCUT2D eigenvalue weighted by atomic mass is 32.2. The third-order valence-corrected chi connectivity index (χ3v) is 5.81. The van der Waals surface area contributed by atoms with E-state index in [2.05, 4.69) is 40.8 Å². The smallest absolute Gasteiger partial charge is 0.0420 e. The number of rotatable bonds is 7. The summed E-state index contributed by atoms with van der Waals surface area (Å²) in [6.45, 7) is 3.37. The maximum atomic E-state index is 3.70. The van der Waals surface area contributed by atoms with Gasteiger partial charge in [-0.25, -0.2) is 0 Å². The third-order valence-electron chi connectivity index (χ3n) is 3.64. The van der Waals surface area contributed by atoms with E-state index in [0.29, 0.717) is 6.04 Å². The summed E-state index contributed by atoms with van der Waals surface area (Å²) in [5, 5.41) is 9.11. The van der Waals surface area contributed by atoms with Gasteiger partial charge in [-0.1, -0.05) is 26.2 Å². The number of hydrogen-bond acceptors (Lipinski definition) is 3. The van der Waals surface area contributed by atoms with Crippen molar-refractivity contribution in [1.82, 2.24) is 5.32 Å². The van der Waals surface area contributed by atoms with Gasteiger partial charge in [0, 0.05) is 17.0 Å². The van der Waals surface area contributed by atoms with E-state index in [-0.39, 0.29) is 0 Å². The molecular formula is C15H25NS2. The predicted molar refractivity (Wildman–Crippen MR) is 84.7 cm³/mol. The van der Waals surface area contributed by atoms with E-state index in [9.17, 15) is 0 Å². The largest absolute Gasteiger partial charge is 0.309 e. The van der Waals surface area contributed by atoms with Crippen molar-refractivity contribution in [2.75, 3.05) is 12.3 Å². The zero-order valence-electron chi connectivity index (χ0n) is 11.4. The van der Waals surface area contributed by atoms with Crippen LogP contribution in [0.1, 0.15) is 57.1 Å². The van der Waals surface area contributed by atoms with Crippen molar-refractivity contribution >= 4 is 23.1 Å². The van der Waals surface area contributed by atoms with Crippen LogP contribution in [0.2, 0.25) is 0 Å². The summed E-state index contributed by atoms with van der Waals surface area (Å²) >= 11 is 4.01. The Balaban J connectivity index is 1.80. The molecule has 1 aliphatic carbocycles. The van der Waals surface area contributed by atoms with Gasteiger partial charge in [0.1, 0.15) is 0 Å². The highest BCUT2D eigenvalue weighted by Gasteiger charge is 2.17. The minimum atomic E-state index is 0.558. The first-order valence-electron chi connectivity index (χ1n) is 7.27. The van der Waals surface area contributed by atoms with Crippen molar-refractivity contribution in [3.8, 4) is 0 Å². The van der Waals surface area contributed by atoms with Crippen LogP contribution in [-0.4, -0.2) is 17.5 Å². The monoisotopic (exact) mass is 283 g/mol. The first-order valence-corrected chi connectivity index (χ1v) is 9.26. The molecule has 1 aromatic heterocycles. The predicted octanol–water partition coefficient (Wildman–Crippen LogP) is 4.85. The number of thiophene rings is 1. The fraction of sp³-hybridized carbons (Fsp3) is 0.733. The van der Waals surface area contributed by atoms with Gasteiger partial charge in [-0.2, -0.15) is 23.1 Å². The van der Waals surface area contributed by atoms with Gasteiger partial charge in [-0.05, 0) is 48.2 Å². The van der Waals surface area contributed by atoms with E-state index < -0.39 is 0 Å². The standard InChI is InChI=1S/C15H25NS2/c1-2-9-16-15(13-8-10-17-11-13)12-18-14-6-4-3-5-7-14/h8,10-11,14-16H,2-7,9,12H2,1H3. The SMILES string of the molecule is CCCNC(CSC1CCCCC1)c1ccsc1. The summed E-state index contributed by atoms with van der Waals surface area (Å²) in [6, 6.07) is 2.84. The maximum Gasteiger partial charge on any atom is 0.0420 e. The van der Waals surface area contributed by atoms with Gasteiger partial charge < -0.3 is 5.32 Å². The normalized spacial score (nSPS) is 18.9. The lowest BCUT2D eigenvalue weighted by Gasteiger charge is -2.24. The van der Waals surface area contributed by atoms with Gasteiger partial charge in [-0.15, -0.1) is 0 Å². The Labute approximate surface area is 120 Å². The summed E-state index contributed by atoms with van der Waals surface area (Å²) in [6.07, 6.45) is 8.45. The Morgan fingerprint density at radius 3 is 2.89 bits per heavy atom. The maximum absolute atomic E-state index is 3.70. The fourth-order valence-electron chi connectivity index (χ4n) is 2.53. The van der Waals surface area contributed by atoms with Crippen molar-refractivity contribution in [2.24, 2.45) is 0 Å². The van der Waals surface area contributed by atoms with Gasteiger partial charge in [-0.3, -0.25) is 0 Å². The van der Waals surface area contributed by atoms with Gasteiger partial charge >= 0.3 is 0 Å². The van der Waals surface area contributed by atoms with Crippen molar-refractivity contribution in [3.63, 3.8) is 0 Å². The fourth-order valence-corrected chi connectivity index (χ4v) is 4.68. The van der Waals surface area contributed by atoms with Crippen molar-refractivity contribution in [2.45, 2.75) is 56.7 Å². The summed E-state index contributed by atoms with van der Waals surface area (Å²) in [5.41, 5.74) is 1.48. The van der Waals surface area contributed by atoms with Crippen LogP contribution in [0, 0.1) is 0 Å². The Kier molecular flexibility index (Phi) is 6.60. The van der Waals surface area contributed by atoms with Crippen LogP contribution >= 0.6 is 23.1 Å². The zero-order chi connectivity index (χ0) is 12.6. The lowest BCUT2D eigenvalue weighted by atomic mass is 10.0.